The largest absolute Gasteiger partial charge is 0.365 e. The standard InChI is InChI=1S/C12H17BrClN3/c13-8-6-9(14)12(16-7-8)17-11-5-3-1-2-4-10(11)15/h6-7,10-11H,1-5,15H2,(H,16,17). The third-order valence-corrected chi connectivity index (χ3v) is 3.92. The molecular weight excluding hydrogens is 302 g/mol. The Hall–Kier alpha value is -0.320. The van der Waals surface area contributed by atoms with Gasteiger partial charge in [0.2, 0.25) is 0 Å². The molecule has 2 unspecified atom stereocenters. The molecule has 3 nitrogen and oxygen atoms in total. The SMILES string of the molecule is NC1CCCCCC1Nc1ncc(Br)cc1Cl. The lowest BCUT2D eigenvalue weighted by Gasteiger charge is -2.23. The van der Waals surface area contributed by atoms with Gasteiger partial charge in [0.1, 0.15) is 5.82 Å². The van der Waals surface area contributed by atoms with Gasteiger partial charge < -0.3 is 11.1 Å². The van der Waals surface area contributed by atoms with Crippen LogP contribution >= 0.6 is 27.5 Å². The lowest BCUT2D eigenvalue weighted by atomic mass is 10.0. The fourth-order valence-corrected chi connectivity index (χ4v) is 2.90. The summed E-state index contributed by atoms with van der Waals surface area (Å²) in [6, 6.07) is 2.32. The van der Waals surface area contributed by atoms with Crippen molar-refractivity contribution in [2.75, 3.05) is 5.32 Å². The summed E-state index contributed by atoms with van der Waals surface area (Å²) in [7, 11) is 0. The Morgan fingerprint density at radius 3 is 2.88 bits per heavy atom. The number of hydrogen-bond donors (Lipinski definition) is 2. The number of pyridine rings is 1. The van der Waals surface area contributed by atoms with E-state index in [2.05, 4.69) is 26.2 Å². The van der Waals surface area contributed by atoms with Crippen LogP contribution in [0.15, 0.2) is 16.7 Å². The van der Waals surface area contributed by atoms with Crippen molar-refractivity contribution in [3.8, 4) is 0 Å². The second-order valence-electron chi connectivity index (χ2n) is 4.54. The number of anilines is 1. The average Bonchev–Trinajstić information content (AvgIpc) is 2.48. The van der Waals surface area contributed by atoms with Crippen LogP contribution in [-0.4, -0.2) is 17.1 Å². The Bertz CT molecular complexity index is 386. The number of nitrogens with two attached hydrogens (primary N) is 1. The zero-order chi connectivity index (χ0) is 12.3. The Balaban J connectivity index is 2.08. The van der Waals surface area contributed by atoms with Crippen molar-refractivity contribution in [2.24, 2.45) is 5.73 Å². The predicted molar refractivity (Wildman–Crippen MR) is 75.4 cm³/mol. The van der Waals surface area contributed by atoms with Crippen LogP contribution < -0.4 is 11.1 Å². The molecule has 1 aromatic rings. The van der Waals surface area contributed by atoms with E-state index in [1.807, 2.05) is 6.07 Å². The summed E-state index contributed by atoms with van der Waals surface area (Å²) in [5.74, 6) is 0.734. The lowest BCUT2D eigenvalue weighted by Crippen LogP contribution is -2.39. The van der Waals surface area contributed by atoms with E-state index >= 15 is 0 Å². The van der Waals surface area contributed by atoms with Gasteiger partial charge in [-0.1, -0.05) is 30.9 Å². The molecule has 94 valence electrons. The van der Waals surface area contributed by atoms with E-state index < -0.39 is 0 Å². The van der Waals surface area contributed by atoms with Crippen molar-refractivity contribution < 1.29 is 0 Å². The van der Waals surface area contributed by atoms with E-state index in [-0.39, 0.29) is 12.1 Å². The third-order valence-electron chi connectivity index (χ3n) is 3.20. The van der Waals surface area contributed by atoms with Crippen molar-refractivity contribution in [3.05, 3.63) is 21.8 Å². The second-order valence-corrected chi connectivity index (χ2v) is 5.86. The highest BCUT2D eigenvalue weighted by Gasteiger charge is 2.21. The maximum atomic E-state index is 6.16. The summed E-state index contributed by atoms with van der Waals surface area (Å²) < 4.78 is 0.887. The van der Waals surface area contributed by atoms with E-state index in [9.17, 15) is 0 Å². The van der Waals surface area contributed by atoms with Crippen molar-refractivity contribution >= 4 is 33.3 Å². The summed E-state index contributed by atoms with van der Waals surface area (Å²) in [5.41, 5.74) is 6.16. The van der Waals surface area contributed by atoms with Gasteiger partial charge in [0.05, 0.1) is 5.02 Å². The first-order valence-corrected chi connectivity index (χ1v) is 7.17. The molecule has 0 radical (unpaired) electrons. The molecule has 0 aliphatic heterocycles. The normalized spacial score (nSPS) is 25.4. The molecule has 0 amide bonds. The van der Waals surface area contributed by atoms with Gasteiger partial charge in [-0.2, -0.15) is 0 Å². The minimum Gasteiger partial charge on any atom is -0.365 e. The molecule has 0 spiro atoms. The van der Waals surface area contributed by atoms with E-state index in [1.54, 1.807) is 6.20 Å². The monoisotopic (exact) mass is 317 g/mol. The zero-order valence-corrected chi connectivity index (χ0v) is 12.0. The number of hydrogen-bond acceptors (Lipinski definition) is 3. The van der Waals surface area contributed by atoms with Crippen molar-refractivity contribution in [1.29, 1.82) is 0 Å². The molecule has 1 aliphatic rings. The topological polar surface area (TPSA) is 50.9 Å². The first kappa shape index (κ1) is 13.1. The molecule has 17 heavy (non-hydrogen) atoms. The van der Waals surface area contributed by atoms with Crippen LogP contribution in [0.3, 0.4) is 0 Å². The number of halogens is 2. The average molecular weight is 319 g/mol. The summed E-state index contributed by atoms with van der Waals surface area (Å²) in [6.07, 6.45) is 7.63. The van der Waals surface area contributed by atoms with Gasteiger partial charge in [-0.3, -0.25) is 0 Å². The van der Waals surface area contributed by atoms with Gasteiger partial charge in [-0.25, -0.2) is 4.98 Å². The Kier molecular flexibility index (Phi) is 4.65. The molecule has 2 atom stereocenters. The van der Waals surface area contributed by atoms with E-state index in [1.165, 1.54) is 19.3 Å². The fourth-order valence-electron chi connectivity index (χ4n) is 2.21. The van der Waals surface area contributed by atoms with Gasteiger partial charge in [0.15, 0.2) is 0 Å². The van der Waals surface area contributed by atoms with Crippen molar-refractivity contribution in [3.63, 3.8) is 0 Å². The second kappa shape index (κ2) is 6.03. The lowest BCUT2D eigenvalue weighted by molar-refractivity contribution is 0.527. The van der Waals surface area contributed by atoms with E-state index in [0.717, 1.165) is 23.1 Å². The maximum Gasteiger partial charge on any atom is 0.145 e. The molecule has 1 fully saturated rings. The summed E-state index contributed by atoms with van der Waals surface area (Å²) >= 11 is 9.49. The molecule has 5 heteroatoms. The van der Waals surface area contributed by atoms with E-state index in [4.69, 9.17) is 17.3 Å². The predicted octanol–water partition coefficient (Wildman–Crippen LogP) is 3.57. The Morgan fingerprint density at radius 1 is 1.35 bits per heavy atom. The maximum absolute atomic E-state index is 6.16. The number of nitrogens with one attached hydrogen (secondary N) is 1. The highest BCUT2D eigenvalue weighted by atomic mass is 79.9. The summed E-state index contributed by atoms with van der Waals surface area (Å²) in [4.78, 5) is 4.29. The quantitative estimate of drug-likeness (QED) is 0.820. The van der Waals surface area contributed by atoms with Gasteiger partial charge in [0, 0.05) is 22.8 Å². The first-order chi connectivity index (χ1) is 8.16. The third kappa shape index (κ3) is 3.57. The van der Waals surface area contributed by atoms with Gasteiger partial charge in [-0.15, -0.1) is 0 Å². The molecule has 1 heterocycles. The van der Waals surface area contributed by atoms with Crippen LogP contribution in [0.1, 0.15) is 32.1 Å². The summed E-state index contributed by atoms with van der Waals surface area (Å²) in [6.45, 7) is 0. The number of rotatable bonds is 2. The van der Waals surface area contributed by atoms with Gasteiger partial charge in [-0.05, 0) is 34.8 Å². The molecule has 3 N–H and O–H groups in total. The molecule has 0 aromatic carbocycles. The Morgan fingerprint density at radius 2 is 2.12 bits per heavy atom. The van der Waals surface area contributed by atoms with Crippen LogP contribution in [0.2, 0.25) is 5.02 Å². The Labute approximate surface area is 115 Å². The van der Waals surface area contributed by atoms with Crippen LogP contribution in [0, 0.1) is 0 Å². The van der Waals surface area contributed by atoms with Crippen LogP contribution in [0.5, 0.6) is 0 Å². The fraction of sp³-hybridized carbons (Fsp3) is 0.583. The molecule has 2 rings (SSSR count). The number of aromatic nitrogens is 1. The molecule has 1 saturated carbocycles. The zero-order valence-electron chi connectivity index (χ0n) is 9.63. The smallest absolute Gasteiger partial charge is 0.145 e. The molecule has 0 bridgehead atoms. The molecular formula is C12H17BrClN3. The molecule has 1 aliphatic carbocycles. The number of nitrogens with zero attached hydrogens (tertiary/aromatic N) is 1. The van der Waals surface area contributed by atoms with Crippen LogP contribution in [0.4, 0.5) is 5.82 Å². The van der Waals surface area contributed by atoms with Crippen molar-refractivity contribution in [1.82, 2.24) is 4.98 Å². The molecule has 0 saturated heterocycles. The minimum atomic E-state index is 0.194. The van der Waals surface area contributed by atoms with Gasteiger partial charge in [0.25, 0.3) is 0 Å². The summed E-state index contributed by atoms with van der Waals surface area (Å²) in [5, 5.41) is 4.01. The minimum absolute atomic E-state index is 0.194. The van der Waals surface area contributed by atoms with E-state index in [0.29, 0.717) is 5.02 Å². The highest BCUT2D eigenvalue weighted by Crippen LogP contribution is 2.26. The first-order valence-electron chi connectivity index (χ1n) is 6.00. The highest BCUT2D eigenvalue weighted by molar-refractivity contribution is 9.10. The van der Waals surface area contributed by atoms with Crippen LogP contribution in [0.25, 0.3) is 0 Å². The van der Waals surface area contributed by atoms with Crippen LogP contribution in [-0.2, 0) is 0 Å². The van der Waals surface area contributed by atoms with Gasteiger partial charge >= 0.3 is 0 Å². The van der Waals surface area contributed by atoms with Crippen molar-refractivity contribution in [2.45, 2.75) is 44.2 Å². The molecule has 1 aromatic heterocycles.